The first-order chi connectivity index (χ1) is 4.66. The molecule has 0 aliphatic carbocycles. The molecule has 0 aromatic heterocycles. The predicted octanol–water partition coefficient (Wildman–Crippen LogP) is 1.99. The minimum absolute atomic E-state index is 0.155. The maximum Gasteiger partial charge on any atom is 0.180 e. The van der Waals surface area contributed by atoms with E-state index >= 15 is 0 Å². The molecule has 1 rings (SSSR count). The highest BCUT2D eigenvalue weighted by molar-refractivity contribution is 5.74. The Kier molecular flexibility index (Phi) is 1.97. The molecule has 0 saturated carbocycles. The first-order valence-corrected chi connectivity index (χ1v) is 3.85. The molecule has 1 aliphatic heterocycles. The molecule has 0 fully saturated rings. The van der Waals surface area contributed by atoms with Gasteiger partial charge in [0.25, 0.3) is 0 Å². The Bertz CT molecular complexity index is 153. The van der Waals surface area contributed by atoms with Crippen LogP contribution >= 0.6 is 0 Å². The van der Waals surface area contributed by atoms with E-state index in [1.807, 2.05) is 6.92 Å². The monoisotopic (exact) mass is 141 g/mol. The van der Waals surface area contributed by atoms with Crippen LogP contribution in [0, 0.1) is 0 Å². The minimum Gasteiger partial charge on any atom is -0.481 e. The standard InChI is InChI=1S/C8H15NO/c1-4-8(3)5-6-10-7(2)9-8/h4-6H2,1-3H3. The summed E-state index contributed by atoms with van der Waals surface area (Å²) in [6.45, 7) is 7.11. The Morgan fingerprint density at radius 2 is 2.40 bits per heavy atom. The van der Waals surface area contributed by atoms with Gasteiger partial charge in [-0.15, -0.1) is 0 Å². The lowest BCUT2D eigenvalue weighted by molar-refractivity contribution is 0.216. The van der Waals surface area contributed by atoms with Crippen molar-refractivity contribution < 1.29 is 4.74 Å². The number of aliphatic imine (C=N–C) groups is 1. The summed E-state index contributed by atoms with van der Waals surface area (Å²) in [6.07, 6.45) is 2.16. The molecular formula is C8H15NO. The molecule has 0 radical (unpaired) electrons. The van der Waals surface area contributed by atoms with Gasteiger partial charge in [0, 0.05) is 13.3 Å². The fourth-order valence-electron chi connectivity index (χ4n) is 1.14. The average Bonchev–Trinajstić information content (AvgIpc) is 1.88. The minimum atomic E-state index is 0.155. The highest BCUT2D eigenvalue weighted by atomic mass is 16.5. The van der Waals surface area contributed by atoms with E-state index in [2.05, 4.69) is 18.8 Å². The third-order valence-electron chi connectivity index (χ3n) is 2.14. The van der Waals surface area contributed by atoms with Gasteiger partial charge in [-0.05, 0) is 13.3 Å². The molecule has 1 unspecified atom stereocenters. The zero-order chi connectivity index (χ0) is 7.61. The number of nitrogens with zero attached hydrogens (tertiary/aromatic N) is 1. The van der Waals surface area contributed by atoms with Crippen molar-refractivity contribution in [2.75, 3.05) is 6.61 Å². The molecule has 0 N–H and O–H groups in total. The quantitative estimate of drug-likeness (QED) is 0.547. The summed E-state index contributed by atoms with van der Waals surface area (Å²) in [7, 11) is 0. The highest BCUT2D eigenvalue weighted by Gasteiger charge is 2.24. The Hall–Kier alpha value is -0.530. The maximum atomic E-state index is 5.23. The second-order valence-corrected chi connectivity index (χ2v) is 3.08. The first kappa shape index (κ1) is 7.58. The van der Waals surface area contributed by atoms with E-state index in [-0.39, 0.29) is 5.54 Å². The van der Waals surface area contributed by atoms with Crippen LogP contribution in [-0.2, 0) is 4.74 Å². The summed E-state index contributed by atoms with van der Waals surface area (Å²) < 4.78 is 5.23. The normalized spacial score (nSPS) is 32.9. The fraction of sp³-hybridized carbons (Fsp3) is 0.875. The van der Waals surface area contributed by atoms with Gasteiger partial charge in [0.1, 0.15) is 0 Å². The number of rotatable bonds is 1. The average molecular weight is 141 g/mol. The van der Waals surface area contributed by atoms with Gasteiger partial charge in [0.2, 0.25) is 0 Å². The summed E-state index contributed by atoms with van der Waals surface area (Å²) in [5, 5.41) is 0. The summed E-state index contributed by atoms with van der Waals surface area (Å²) in [6, 6.07) is 0. The van der Waals surface area contributed by atoms with Gasteiger partial charge >= 0.3 is 0 Å². The van der Waals surface area contributed by atoms with Gasteiger partial charge in [-0.2, -0.15) is 0 Å². The van der Waals surface area contributed by atoms with Crippen LogP contribution in [-0.4, -0.2) is 18.0 Å². The van der Waals surface area contributed by atoms with Crippen molar-refractivity contribution in [1.82, 2.24) is 0 Å². The van der Waals surface area contributed by atoms with E-state index < -0.39 is 0 Å². The van der Waals surface area contributed by atoms with Crippen LogP contribution in [0.15, 0.2) is 4.99 Å². The van der Waals surface area contributed by atoms with Crippen molar-refractivity contribution in [3.8, 4) is 0 Å². The summed E-state index contributed by atoms with van der Waals surface area (Å²) in [4.78, 5) is 4.43. The molecule has 0 aromatic rings. The lowest BCUT2D eigenvalue weighted by Gasteiger charge is -2.28. The van der Waals surface area contributed by atoms with Crippen LogP contribution in [0.2, 0.25) is 0 Å². The topological polar surface area (TPSA) is 21.6 Å². The van der Waals surface area contributed by atoms with E-state index in [0.717, 1.165) is 25.3 Å². The van der Waals surface area contributed by atoms with Crippen molar-refractivity contribution >= 4 is 5.90 Å². The zero-order valence-electron chi connectivity index (χ0n) is 6.98. The summed E-state index contributed by atoms with van der Waals surface area (Å²) >= 11 is 0. The molecule has 0 amide bonds. The van der Waals surface area contributed by atoms with Crippen molar-refractivity contribution in [3.63, 3.8) is 0 Å². The van der Waals surface area contributed by atoms with Crippen LogP contribution < -0.4 is 0 Å². The SMILES string of the molecule is CCC1(C)CCOC(C)=N1. The maximum absolute atomic E-state index is 5.23. The molecule has 0 spiro atoms. The van der Waals surface area contributed by atoms with E-state index in [9.17, 15) is 0 Å². The van der Waals surface area contributed by atoms with Gasteiger partial charge < -0.3 is 4.74 Å². The molecule has 0 bridgehead atoms. The molecule has 2 nitrogen and oxygen atoms in total. The predicted molar refractivity (Wildman–Crippen MR) is 42.4 cm³/mol. The molecule has 1 aliphatic rings. The second-order valence-electron chi connectivity index (χ2n) is 3.08. The molecule has 0 aromatic carbocycles. The highest BCUT2D eigenvalue weighted by Crippen LogP contribution is 2.23. The van der Waals surface area contributed by atoms with Gasteiger partial charge in [-0.25, -0.2) is 4.99 Å². The van der Waals surface area contributed by atoms with Crippen LogP contribution in [0.5, 0.6) is 0 Å². The van der Waals surface area contributed by atoms with Crippen LogP contribution in [0.1, 0.15) is 33.6 Å². The fourth-order valence-corrected chi connectivity index (χ4v) is 1.14. The third kappa shape index (κ3) is 1.49. The molecule has 10 heavy (non-hydrogen) atoms. The molecule has 2 heteroatoms. The van der Waals surface area contributed by atoms with Gasteiger partial charge in [0.05, 0.1) is 12.1 Å². The van der Waals surface area contributed by atoms with E-state index in [1.165, 1.54) is 0 Å². The van der Waals surface area contributed by atoms with Crippen molar-refractivity contribution in [3.05, 3.63) is 0 Å². The van der Waals surface area contributed by atoms with Gasteiger partial charge in [-0.3, -0.25) is 0 Å². The Balaban J connectivity index is 2.69. The molecule has 0 saturated heterocycles. The largest absolute Gasteiger partial charge is 0.481 e. The van der Waals surface area contributed by atoms with Crippen LogP contribution in [0.3, 0.4) is 0 Å². The van der Waals surface area contributed by atoms with Gasteiger partial charge in [-0.1, -0.05) is 6.92 Å². The zero-order valence-corrected chi connectivity index (χ0v) is 6.98. The Morgan fingerprint density at radius 1 is 1.70 bits per heavy atom. The van der Waals surface area contributed by atoms with Gasteiger partial charge in [0.15, 0.2) is 5.90 Å². The van der Waals surface area contributed by atoms with Crippen LogP contribution in [0.4, 0.5) is 0 Å². The van der Waals surface area contributed by atoms with Crippen molar-refractivity contribution in [2.45, 2.75) is 39.2 Å². The van der Waals surface area contributed by atoms with E-state index in [1.54, 1.807) is 0 Å². The van der Waals surface area contributed by atoms with E-state index in [4.69, 9.17) is 4.74 Å². The molecule has 58 valence electrons. The van der Waals surface area contributed by atoms with Crippen molar-refractivity contribution in [1.29, 1.82) is 0 Å². The van der Waals surface area contributed by atoms with Crippen molar-refractivity contribution in [2.24, 2.45) is 4.99 Å². The lowest BCUT2D eigenvalue weighted by atomic mass is 9.95. The molecular weight excluding hydrogens is 126 g/mol. The molecule has 1 heterocycles. The summed E-state index contributed by atoms with van der Waals surface area (Å²) in [5.74, 6) is 0.843. The Morgan fingerprint density at radius 3 is 2.80 bits per heavy atom. The third-order valence-corrected chi connectivity index (χ3v) is 2.14. The lowest BCUT2D eigenvalue weighted by Crippen LogP contribution is -2.29. The van der Waals surface area contributed by atoms with E-state index in [0.29, 0.717) is 0 Å². The number of hydrogen-bond acceptors (Lipinski definition) is 2. The van der Waals surface area contributed by atoms with Crippen LogP contribution in [0.25, 0.3) is 0 Å². The number of ether oxygens (including phenoxy) is 1. The summed E-state index contributed by atoms with van der Waals surface area (Å²) in [5.41, 5.74) is 0.155. The first-order valence-electron chi connectivity index (χ1n) is 3.85. The molecule has 1 atom stereocenters. The number of hydrogen-bond donors (Lipinski definition) is 0. The second kappa shape index (κ2) is 2.60. The Labute approximate surface area is 62.3 Å². The smallest absolute Gasteiger partial charge is 0.180 e.